The lowest BCUT2D eigenvalue weighted by atomic mass is 10.3. The first-order chi connectivity index (χ1) is 9.91. The SMILES string of the molecule is CCCCNCCCNC/C=C/CNCCCNCC.Cl.Cl.Cl.Cl. The summed E-state index contributed by atoms with van der Waals surface area (Å²) in [5.74, 6) is 0. The minimum absolute atomic E-state index is 0. The summed E-state index contributed by atoms with van der Waals surface area (Å²) in [6.45, 7) is 13.0. The molecule has 0 aliphatic rings. The molecule has 0 unspecified atom stereocenters. The Morgan fingerprint density at radius 3 is 1.42 bits per heavy atom. The highest BCUT2D eigenvalue weighted by molar-refractivity contribution is 5.86. The van der Waals surface area contributed by atoms with Crippen LogP contribution in [0.25, 0.3) is 0 Å². The monoisotopic (exact) mass is 428 g/mol. The van der Waals surface area contributed by atoms with Crippen LogP contribution in [0, 0.1) is 0 Å². The van der Waals surface area contributed by atoms with Gasteiger partial charge in [-0.3, -0.25) is 0 Å². The number of hydrogen-bond acceptors (Lipinski definition) is 4. The van der Waals surface area contributed by atoms with E-state index in [1.165, 1.54) is 25.7 Å². The Kier molecular flexibility index (Phi) is 52.1. The second-order valence-electron chi connectivity index (χ2n) is 5.04. The van der Waals surface area contributed by atoms with E-state index < -0.39 is 0 Å². The maximum atomic E-state index is 3.45. The lowest BCUT2D eigenvalue weighted by Gasteiger charge is -2.04. The van der Waals surface area contributed by atoms with E-state index in [9.17, 15) is 0 Å². The summed E-state index contributed by atoms with van der Waals surface area (Å²) < 4.78 is 0. The molecule has 0 fully saturated rings. The smallest absolute Gasteiger partial charge is 0.0135 e. The third-order valence-corrected chi connectivity index (χ3v) is 3.06. The van der Waals surface area contributed by atoms with E-state index in [1.807, 2.05) is 0 Å². The molecule has 0 spiro atoms. The summed E-state index contributed by atoms with van der Waals surface area (Å²) >= 11 is 0. The Morgan fingerprint density at radius 2 is 0.958 bits per heavy atom. The van der Waals surface area contributed by atoms with Gasteiger partial charge >= 0.3 is 0 Å². The average Bonchev–Trinajstić information content (AvgIpc) is 2.47. The second-order valence-corrected chi connectivity index (χ2v) is 5.04. The third-order valence-electron chi connectivity index (χ3n) is 3.06. The molecule has 4 N–H and O–H groups in total. The van der Waals surface area contributed by atoms with Crippen molar-refractivity contribution >= 4 is 49.6 Å². The first-order valence-corrected chi connectivity index (χ1v) is 8.39. The fourth-order valence-electron chi connectivity index (χ4n) is 1.82. The van der Waals surface area contributed by atoms with E-state index >= 15 is 0 Å². The largest absolute Gasteiger partial charge is 0.317 e. The lowest BCUT2D eigenvalue weighted by Crippen LogP contribution is -2.23. The summed E-state index contributed by atoms with van der Waals surface area (Å²) in [6, 6.07) is 0. The average molecular weight is 430 g/mol. The fourth-order valence-corrected chi connectivity index (χ4v) is 1.82. The first kappa shape index (κ1) is 35.8. The molecule has 0 rings (SSSR count). The van der Waals surface area contributed by atoms with Crippen molar-refractivity contribution in [2.45, 2.75) is 39.5 Å². The van der Waals surface area contributed by atoms with E-state index in [-0.39, 0.29) is 49.6 Å². The molecule has 0 aromatic rings. The van der Waals surface area contributed by atoms with Gasteiger partial charge in [-0.2, -0.15) is 0 Å². The predicted molar refractivity (Wildman–Crippen MR) is 119 cm³/mol. The van der Waals surface area contributed by atoms with Crippen molar-refractivity contribution in [2.75, 3.05) is 52.4 Å². The molecule has 0 amide bonds. The van der Waals surface area contributed by atoms with Crippen LogP contribution in [-0.2, 0) is 0 Å². The molecule has 8 heteroatoms. The van der Waals surface area contributed by atoms with Gasteiger partial charge in [-0.1, -0.05) is 32.4 Å². The van der Waals surface area contributed by atoms with E-state index in [1.54, 1.807) is 0 Å². The highest BCUT2D eigenvalue weighted by atomic mass is 35.5. The minimum Gasteiger partial charge on any atom is -0.317 e. The van der Waals surface area contributed by atoms with E-state index in [0.29, 0.717) is 0 Å². The Hall–Kier alpha value is 0.740. The lowest BCUT2D eigenvalue weighted by molar-refractivity contribution is 0.594. The Bertz CT molecular complexity index is 211. The zero-order valence-electron chi connectivity index (χ0n) is 15.3. The van der Waals surface area contributed by atoms with Crippen molar-refractivity contribution in [3.05, 3.63) is 12.2 Å². The summed E-state index contributed by atoms with van der Waals surface area (Å²) in [6.07, 6.45) is 9.39. The number of hydrogen-bond donors (Lipinski definition) is 4. The number of rotatable bonds is 16. The zero-order chi connectivity index (χ0) is 14.7. The van der Waals surface area contributed by atoms with Gasteiger partial charge in [0.1, 0.15) is 0 Å². The summed E-state index contributed by atoms with van der Waals surface area (Å²) in [4.78, 5) is 0. The van der Waals surface area contributed by atoms with Crippen LogP contribution in [0.4, 0.5) is 0 Å². The van der Waals surface area contributed by atoms with Crippen LogP contribution in [0.5, 0.6) is 0 Å². The molecule has 152 valence electrons. The number of nitrogens with one attached hydrogen (secondary N) is 4. The van der Waals surface area contributed by atoms with Crippen LogP contribution < -0.4 is 21.3 Å². The maximum absolute atomic E-state index is 3.45. The topological polar surface area (TPSA) is 48.1 Å². The van der Waals surface area contributed by atoms with Crippen molar-refractivity contribution < 1.29 is 0 Å². The van der Waals surface area contributed by atoms with E-state index in [4.69, 9.17) is 0 Å². The van der Waals surface area contributed by atoms with E-state index in [0.717, 1.165) is 52.4 Å². The van der Waals surface area contributed by atoms with Gasteiger partial charge in [-0.05, 0) is 58.5 Å². The third kappa shape index (κ3) is 34.2. The van der Waals surface area contributed by atoms with Crippen molar-refractivity contribution in [2.24, 2.45) is 0 Å². The molecule has 0 atom stereocenters. The number of halogens is 4. The molecule has 0 aromatic carbocycles. The predicted octanol–water partition coefficient (Wildman–Crippen LogP) is 3.19. The van der Waals surface area contributed by atoms with Gasteiger partial charge in [0.25, 0.3) is 0 Å². The zero-order valence-corrected chi connectivity index (χ0v) is 18.5. The molecule has 0 bridgehead atoms. The van der Waals surface area contributed by atoms with Crippen LogP contribution in [0.2, 0.25) is 0 Å². The van der Waals surface area contributed by atoms with E-state index in [2.05, 4.69) is 47.3 Å². The van der Waals surface area contributed by atoms with Gasteiger partial charge in [0.05, 0.1) is 0 Å². The van der Waals surface area contributed by atoms with Gasteiger partial charge < -0.3 is 21.3 Å². The van der Waals surface area contributed by atoms with Crippen LogP contribution >= 0.6 is 49.6 Å². The second kappa shape index (κ2) is 35.0. The Morgan fingerprint density at radius 1 is 0.542 bits per heavy atom. The molecular weight excluding hydrogens is 390 g/mol. The standard InChI is InChI=1S/C16H36N4.4ClH/c1-3-5-10-18-15-9-16-20-12-7-6-11-19-14-8-13-17-4-2;;;;/h6-7,17-20H,3-5,8-16H2,1-2H3;4*1H/b7-6+;;;;. The Labute approximate surface area is 174 Å². The summed E-state index contributed by atoms with van der Waals surface area (Å²) in [7, 11) is 0. The van der Waals surface area contributed by atoms with Crippen LogP contribution in [0.1, 0.15) is 39.5 Å². The molecule has 4 nitrogen and oxygen atoms in total. The van der Waals surface area contributed by atoms with Gasteiger partial charge in [-0.25, -0.2) is 0 Å². The molecule has 0 radical (unpaired) electrons. The van der Waals surface area contributed by atoms with Crippen molar-refractivity contribution in [3.8, 4) is 0 Å². The molecular formula is C16H40Cl4N4. The van der Waals surface area contributed by atoms with Crippen molar-refractivity contribution in [3.63, 3.8) is 0 Å². The molecule has 24 heavy (non-hydrogen) atoms. The normalized spacial score (nSPS) is 9.58. The molecule has 0 aliphatic carbocycles. The molecule has 0 aliphatic heterocycles. The minimum atomic E-state index is 0. The van der Waals surface area contributed by atoms with Crippen LogP contribution in [0.3, 0.4) is 0 Å². The molecule has 0 saturated carbocycles. The highest BCUT2D eigenvalue weighted by Gasteiger charge is 1.88. The van der Waals surface area contributed by atoms with Gasteiger partial charge in [-0.15, -0.1) is 49.6 Å². The maximum Gasteiger partial charge on any atom is 0.0135 e. The van der Waals surface area contributed by atoms with Crippen molar-refractivity contribution in [1.29, 1.82) is 0 Å². The highest BCUT2D eigenvalue weighted by Crippen LogP contribution is 1.82. The quantitative estimate of drug-likeness (QED) is 0.225. The Balaban J connectivity index is -0.000000301. The fraction of sp³-hybridized carbons (Fsp3) is 0.875. The molecule has 0 heterocycles. The van der Waals surface area contributed by atoms with Crippen molar-refractivity contribution in [1.82, 2.24) is 21.3 Å². The molecule has 0 saturated heterocycles. The van der Waals surface area contributed by atoms with Crippen LogP contribution in [0.15, 0.2) is 12.2 Å². The van der Waals surface area contributed by atoms with Gasteiger partial charge in [0.15, 0.2) is 0 Å². The van der Waals surface area contributed by atoms with Gasteiger partial charge in [0, 0.05) is 13.1 Å². The first-order valence-electron chi connectivity index (χ1n) is 8.39. The summed E-state index contributed by atoms with van der Waals surface area (Å²) in [5.41, 5.74) is 0. The number of unbranched alkanes of at least 4 members (excludes halogenated alkanes) is 1. The van der Waals surface area contributed by atoms with Gasteiger partial charge in [0.2, 0.25) is 0 Å². The molecule has 0 aromatic heterocycles. The summed E-state index contributed by atoms with van der Waals surface area (Å²) in [5, 5.41) is 13.6. The van der Waals surface area contributed by atoms with Crippen LogP contribution in [-0.4, -0.2) is 52.4 Å².